The molecule has 4 unspecified atom stereocenters. The topological polar surface area (TPSA) is 12.0 Å². The summed E-state index contributed by atoms with van der Waals surface area (Å²) in [5.74, 6) is 2.15. The Morgan fingerprint density at radius 1 is 0.812 bits per heavy atom. The summed E-state index contributed by atoms with van der Waals surface area (Å²) in [6.45, 7) is 2.68. The first kappa shape index (κ1) is 9.94. The minimum Gasteiger partial charge on any atom is -0.316 e. The van der Waals surface area contributed by atoms with Crippen LogP contribution >= 0.6 is 0 Å². The molecule has 16 heavy (non-hydrogen) atoms. The maximum atomic E-state index is 3.76. The molecule has 3 aliphatic carbocycles. The highest BCUT2D eigenvalue weighted by atomic mass is 14.9. The average molecular weight is 219 g/mol. The SMILES string of the molecule is C1CC2CCC(C34CCC(CNC3)C4)(C1)C2. The molecular weight excluding hydrogens is 194 g/mol. The van der Waals surface area contributed by atoms with Gasteiger partial charge in [0.1, 0.15) is 0 Å². The molecule has 4 fully saturated rings. The smallest absolute Gasteiger partial charge is 0.00134 e. The second-order valence-corrected chi connectivity index (χ2v) is 7.30. The van der Waals surface area contributed by atoms with Crippen LogP contribution < -0.4 is 5.32 Å². The molecule has 0 aromatic rings. The highest BCUT2D eigenvalue weighted by Crippen LogP contribution is 2.66. The van der Waals surface area contributed by atoms with Gasteiger partial charge in [-0.15, -0.1) is 0 Å². The molecule has 1 aliphatic heterocycles. The molecule has 3 saturated carbocycles. The van der Waals surface area contributed by atoms with E-state index < -0.39 is 0 Å². The van der Waals surface area contributed by atoms with E-state index >= 15 is 0 Å². The monoisotopic (exact) mass is 219 g/mol. The molecule has 1 saturated heterocycles. The van der Waals surface area contributed by atoms with Gasteiger partial charge in [0.25, 0.3) is 0 Å². The van der Waals surface area contributed by atoms with E-state index in [2.05, 4.69) is 5.32 Å². The predicted molar refractivity (Wildman–Crippen MR) is 66.3 cm³/mol. The Balaban J connectivity index is 1.68. The number of piperidine rings is 1. The van der Waals surface area contributed by atoms with Crippen molar-refractivity contribution < 1.29 is 0 Å². The maximum Gasteiger partial charge on any atom is 0.00134 e. The van der Waals surface area contributed by atoms with E-state index in [9.17, 15) is 0 Å². The fourth-order valence-corrected chi connectivity index (χ4v) is 5.94. The van der Waals surface area contributed by atoms with Gasteiger partial charge in [0, 0.05) is 6.54 Å². The van der Waals surface area contributed by atoms with Crippen LogP contribution in [0.25, 0.3) is 0 Å². The van der Waals surface area contributed by atoms with Crippen molar-refractivity contribution in [2.24, 2.45) is 22.7 Å². The molecule has 0 spiro atoms. The third-order valence-corrected chi connectivity index (χ3v) is 6.71. The number of hydrogen-bond acceptors (Lipinski definition) is 1. The molecular formula is C15H25N. The molecule has 0 aromatic heterocycles. The van der Waals surface area contributed by atoms with Crippen LogP contribution in [0.5, 0.6) is 0 Å². The molecule has 1 heterocycles. The summed E-state index contributed by atoms with van der Waals surface area (Å²) in [6, 6.07) is 0. The predicted octanol–water partition coefficient (Wildman–Crippen LogP) is 3.35. The second-order valence-electron chi connectivity index (χ2n) is 7.30. The Labute approximate surface area is 99.4 Å². The summed E-state index contributed by atoms with van der Waals surface area (Å²) in [6.07, 6.45) is 14.0. The van der Waals surface area contributed by atoms with Gasteiger partial charge < -0.3 is 5.32 Å². The third-order valence-electron chi connectivity index (χ3n) is 6.71. The van der Waals surface area contributed by atoms with Crippen molar-refractivity contribution >= 4 is 0 Å². The number of hydrogen-bond donors (Lipinski definition) is 1. The van der Waals surface area contributed by atoms with E-state index in [1.807, 2.05) is 0 Å². The lowest BCUT2D eigenvalue weighted by Crippen LogP contribution is -2.50. The molecule has 0 radical (unpaired) electrons. The lowest BCUT2D eigenvalue weighted by molar-refractivity contribution is 0.00139. The first-order valence-corrected chi connectivity index (χ1v) is 7.53. The zero-order chi connectivity index (χ0) is 10.6. The normalized spacial score (nSPS) is 55.5. The summed E-state index contributed by atoms with van der Waals surface area (Å²) in [5, 5.41) is 3.76. The van der Waals surface area contributed by atoms with Gasteiger partial charge >= 0.3 is 0 Å². The van der Waals surface area contributed by atoms with Crippen LogP contribution in [0.4, 0.5) is 0 Å². The van der Waals surface area contributed by atoms with Crippen molar-refractivity contribution in [2.45, 2.75) is 57.8 Å². The zero-order valence-corrected chi connectivity index (χ0v) is 10.4. The van der Waals surface area contributed by atoms with E-state index in [1.54, 1.807) is 44.9 Å². The summed E-state index contributed by atoms with van der Waals surface area (Å²) >= 11 is 0. The second kappa shape index (κ2) is 3.25. The van der Waals surface area contributed by atoms with Gasteiger partial charge in [0.15, 0.2) is 0 Å². The van der Waals surface area contributed by atoms with E-state index in [4.69, 9.17) is 0 Å². The van der Waals surface area contributed by atoms with Gasteiger partial charge in [0.05, 0.1) is 0 Å². The first-order valence-electron chi connectivity index (χ1n) is 7.53. The zero-order valence-electron chi connectivity index (χ0n) is 10.4. The van der Waals surface area contributed by atoms with E-state index in [1.165, 1.54) is 25.9 Å². The Hall–Kier alpha value is -0.0400. The van der Waals surface area contributed by atoms with Gasteiger partial charge in [-0.1, -0.05) is 12.8 Å². The van der Waals surface area contributed by atoms with Gasteiger partial charge in [0.2, 0.25) is 0 Å². The fourth-order valence-electron chi connectivity index (χ4n) is 5.94. The highest BCUT2D eigenvalue weighted by Gasteiger charge is 2.58. The lowest BCUT2D eigenvalue weighted by atomic mass is 9.56. The van der Waals surface area contributed by atoms with Gasteiger partial charge in [-0.2, -0.15) is 0 Å². The molecule has 4 aliphatic rings. The maximum absolute atomic E-state index is 3.76. The molecule has 0 aromatic carbocycles. The Morgan fingerprint density at radius 2 is 1.62 bits per heavy atom. The largest absolute Gasteiger partial charge is 0.316 e. The first-order chi connectivity index (χ1) is 7.82. The van der Waals surface area contributed by atoms with Gasteiger partial charge in [-0.3, -0.25) is 0 Å². The van der Waals surface area contributed by atoms with Crippen molar-refractivity contribution in [3.63, 3.8) is 0 Å². The number of rotatable bonds is 1. The van der Waals surface area contributed by atoms with Gasteiger partial charge in [-0.25, -0.2) is 0 Å². The van der Waals surface area contributed by atoms with Crippen molar-refractivity contribution in [1.29, 1.82) is 0 Å². The van der Waals surface area contributed by atoms with Crippen LogP contribution in [-0.4, -0.2) is 13.1 Å². The third kappa shape index (κ3) is 1.16. The average Bonchev–Trinajstić information content (AvgIpc) is 2.80. The fraction of sp³-hybridized carbons (Fsp3) is 1.00. The van der Waals surface area contributed by atoms with Crippen molar-refractivity contribution in [3.8, 4) is 0 Å². The Bertz CT molecular complexity index is 262. The van der Waals surface area contributed by atoms with Crippen LogP contribution in [-0.2, 0) is 0 Å². The summed E-state index contributed by atoms with van der Waals surface area (Å²) in [5.41, 5.74) is 1.53. The molecule has 0 amide bonds. The van der Waals surface area contributed by atoms with Crippen LogP contribution in [0.2, 0.25) is 0 Å². The highest BCUT2D eigenvalue weighted by molar-refractivity contribution is 5.10. The van der Waals surface area contributed by atoms with Crippen LogP contribution in [0.1, 0.15) is 57.8 Å². The standard InChI is InChI=1S/C15H25N/c1-2-12-3-6-14(5-1,8-12)15-7-4-13(9-15)10-16-11-15/h12-13,16H,1-11H2. The quantitative estimate of drug-likeness (QED) is 0.713. The van der Waals surface area contributed by atoms with Crippen LogP contribution in [0.3, 0.4) is 0 Å². The molecule has 1 N–H and O–H groups in total. The van der Waals surface area contributed by atoms with E-state index in [0.29, 0.717) is 0 Å². The molecule has 1 heteroatoms. The van der Waals surface area contributed by atoms with E-state index in [0.717, 1.165) is 22.7 Å². The number of nitrogens with one attached hydrogen (secondary N) is 1. The van der Waals surface area contributed by atoms with Crippen molar-refractivity contribution in [1.82, 2.24) is 5.32 Å². The Morgan fingerprint density at radius 3 is 2.62 bits per heavy atom. The van der Waals surface area contributed by atoms with Gasteiger partial charge in [-0.05, 0) is 74.2 Å². The molecule has 1 nitrogen and oxygen atoms in total. The van der Waals surface area contributed by atoms with Crippen molar-refractivity contribution in [2.75, 3.05) is 13.1 Å². The Kier molecular flexibility index (Phi) is 2.02. The van der Waals surface area contributed by atoms with Crippen molar-refractivity contribution in [3.05, 3.63) is 0 Å². The van der Waals surface area contributed by atoms with Crippen LogP contribution in [0, 0.1) is 22.7 Å². The number of fused-ring (bicyclic) bond motifs is 5. The summed E-state index contributed by atoms with van der Waals surface area (Å²) in [4.78, 5) is 0. The van der Waals surface area contributed by atoms with Crippen LogP contribution in [0.15, 0.2) is 0 Å². The molecule has 90 valence electrons. The summed E-state index contributed by atoms with van der Waals surface area (Å²) < 4.78 is 0. The lowest BCUT2D eigenvalue weighted by Gasteiger charge is -2.51. The molecule has 4 rings (SSSR count). The molecule has 4 atom stereocenters. The van der Waals surface area contributed by atoms with E-state index in [-0.39, 0.29) is 0 Å². The summed E-state index contributed by atoms with van der Waals surface area (Å²) in [7, 11) is 0. The minimum absolute atomic E-state index is 0.741. The molecule has 4 bridgehead atoms. The minimum atomic E-state index is 0.741.